The minimum Gasteiger partial charge on any atom is -0.478 e. The zero-order chi connectivity index (χ0) is 18.5. The standard InChI is InChI=1S/C9H11O3P.C9H13OP/c1-13(2,12)8-5-3-7(4-6-8)9(10)11;1-8-4-6-9(7-5-8)11(2,3)10/h3-6H,1-2H3,(H,10,11);4-7H,1-3H3. The fourth-order valence-corrected chi connectivity index (χ4v) is 3.60. The van der Waals surface area contributed by atoms with Crippen molar-refractivity contribution < 1.29 is 19.0 Å². The van der Waals surface area contributed by atoms with Gasteiger partial charge in [-0.25, -0.2) is 4.79 Å². The molecule has 0 aromatic heterocycles. The Morgan fingerprint density at radius 1 is 0.750 bits per heavy atom. The molecule has 0 bridgehead atoms. The van der Waals surface area contributed by atoms with E-state index in [1.165, 1.54) is 17.7 Å². The third-order valence-electron chi connectivity index (χ3n) is 3.39. The van der Waals surface area contributed by atoms with Crippen LogP contribution in [0.4, 0.5) is 0 Å². The van der Waals surface area contributed by atoms with Crippen LogP contribution in [-0.2, 0) is 9.13 Å². The molecule has 2 aromatic carbocycles. The number of hydrogen-bond acceptors (Lipinski definition) is 3. The lowest BCUT2D eigenvalue weighted by Crippen LogP contribution is -2.04. The first-order chi connectivity index (χ1) is 10.9. The second-order valence-corrected chi connectivity index (χ2v) is 12.8. The van der Waals surface area contributed by atoms with Gasteiger partial charge in [0.15, 0.2) is 0 Å². The molecule has 2 aromatic rings. The normalized spacial score (nSPS) is 11.4. The van der Waals surface area contributed by atoms with E-state index in [-0.39, 0.29) is 5.56 Å². The third-order valence-corrected chi connectivity index (χ3v) is 6.48. The molecule has 0 aliphatic rings. The highest BCUT2D eigenvalue weighted by atomic mass is 31.2. The summed E-state index contributed by atoms with van der Waals surface area (Å²) < 4.78 is 23.1. The molecule has 2 rings (SSSR count). The van der Waals surface area contributed by atoms with Gasteiger partial charge < -0.3 is 14.2 Å². The smallest absolute Gasteiger partial charge is 0.335 e. The van der Waals surface area contributed by atoms with Crippen LogP contribution in [0.5, 0.6) is 0 Å². The van der Waals surface area contributed by atoms with Crippen molar-refractivity contribution in [2.75, 3.05) is 26.7 Å². The first-order valence-electron chi connectivity index (χ1n) is 7.42. The molecule has 0 aliphatic heterocycles. The van der Waals surface area contributed by atoms with Crippen molar-refractivity contribution in [2.24, 2.45) is 0 Å². The van der Waals surface area contributed by atoms with E-state index >= 15 is 0 Å². The summed E-state index contributed by atoms with van der Waals surface area (Å²) in [6.07, 6.45) is 0. The Balaban J connectivity index is 0.000000243. The lowest BCUT2D eigenvalue weighted by atomic mass is 10.2. The Bertz CT molecular complexity index is 781. The topological polar surface area (TPSA) is 71.4 Å². The van der Waals surface area contributed by atoms with Crippen molar-refractivity contribution in [3.63, 3.8) is 0 Å². The summed E-state index contributed by atoms with van der Waals surface area (Å²) in [7, 11) is -4.30. The second kappa shape index (κ2) is 7.96. The van der Waals surface area contributed by atoms with Crippen LogP contribution in [0.15, 0.2) is 48.5 Å². The van der Waals surface area contributed by atoms with Gasteiger partial charge in [0.05, 0.1) is 5.56 Å². The highest BCUT2D eigenvalue weighted by Gasteiger charge is 2.11. The van der Waals surface area contributed by atoms with Crippen LogP contribution in [0.2, 0.25) is 0 Å². The monoisotopic (exact) mass is 366 g/mol. The SMILES string of the molecule is CP(C)(=O)c1ccc(C(=O)O)cc1.Cc1ccc(P(C)(C)=O)cc1. The molecule has 0 unspecified atom stereocenters. The molecule has 0 aliphatic carbocycles. The minimum atomic E-state index is -2.26. The molecule has 0 radical (unpaired) electrons. The van der Waals surface area contributed by atoms with Crippen LogP contribution in [0.1, 0.15) is 15.9 Å². The Labute approximate surface area is 143 Å². The van der Waals surface area contributed by atoms with E-state index in [2.05, 4.69) is 0 Å². The Hall–Kier alpha value is -1.63. The number of carboxylic acid groups (broad SMARTS) is 1. The molecule has 4 nitrogen and oxygen atoms in total. The van der Waals surface area contributed by atoms with Crippen LogP contribution in [-0.4, -0.2) is 37.7 Å². The van der Waals surface area contributed by atoms with Crippen molar-refractivity contribution in [3.8, 4) is 0 Å². The van der Waals surface area contributed by atoms with Crippen LogP contribution in [0.3, 0.4) is 0 Å². The highest BCUT2D eigenvalue weighted by molar-refractivity contribution is 7.70. The number of carboxylic acids is 1. The first-order valence-corrected chi connectivity index (χ1v) is 12.6. The average molecular weight is 366 g/mol. The molecular weight excluding hydrogens is 342 g/mol. The molecule has 0 saturated carbocycles. The molecule has 0 spiro atoms. The van der Waals surface area contributed by atoms with Gasteiger partial charge in [0.25, 0.3) is 0 Å². The third kappa shape index (κ3) is 6.47. The van der Waals surface area contributed by atoms with E-state index in [1.54, 1.807) is 38.8 Å². The summed E-state index contributed by atoms with van der Waals surface area (Å²) in [6, 6.07) is 14.0. The number of benzene rings is 2. The van der Waals surface area contributed by atoms with Gasteiger partial charge in [0, 0.05) is 10.6 Å². The average Bonchev–Trinajstić information content (AvgIpc) is 2.46. The summed E-state index contributed by atoms with van der Waals surface area (Å²) in [6.45, 7) is 8.92. The fraction of sp³-hybridized carbons (Fsp3) is 0.278. The maximum atomic E-state index is 11.5. The molecule has 0 atom stereocenters. The van der Waals surface area contributed by atoms with E-state index < -0.39 is 20.3 Å². The molecular formula is C18H24O4P2. The fourth-order valence-electron chi connectivity index (χ4n) is 1.87. The lowest BCUT2D eigenvalue weighted by Gasteiger charge is -2.05. The van der Waals surface area contributed by atoms with Gasteiger partial charge >= 0.3 is 5.97 Å². The number of carbonyl (C=O) groups is 1. The predicted octanol–water partition coefficient (Wildman–Crippen LogP) is 3.88. The summed E-state index contributed by atoms with van der Waals surface area (Å²) in [5.74, 6) is -0.964. The quantitative estimate of drug-likeness (QED) is 0.837. The molecule has 1 N–H and O–H groups in total. The summed E-state index contributed by atoms with van der Waals surface area (Å²) in [5.41, 5.74) is 1.43. The predicted molar refractivity (Wildman–Crippen MR) is 103 cm³/mol. The van der Waals surface area contributed by atoms with Gasteiger partial charge in [-0.15, -0.1) is 0 Å². The summed E-state index contributed by atoms with van der Waals surface area (Å²) >= 11 is 0. The minimum absolute atomic E-state index is 0.220. The maximum Gasteiger partial charge on any atom is 0.335 e. The first kappa shape index (κ1) is 20.4. The molecule has 130 valence electrons. The van der Waals surface area contributed by atoms with Crippen molar-refractivity contribution in [1.29, 1.82) is 0 Å². The Kier molecular flexibility index (Phi) is 6.77. The van der Waals surface area contributed by atoms with Gasteiger partial charge in [0.2, 0.25) is 0 Å². The Morgan fingerprint density at radius 3 is 1.38 bits per heavy atom. The second-order valence-electron chi connectivity index (χ2n) is 6.39. The molecule has 0 amide bonds. The van der Waals surface area contributed by atoms with E-state index in [0.717, 1.165) is 5.30 Å². The van der Waals surface area contributed by atoms with E-state index in [0.29, 0.717) is 5.30 Å². The highest BCUT2D eigenvalue weighted by Crippen LogP contribution is 2.34. The lowest BCUT2D eigenvalue weighted by molar-refractivity contribution is 0.0697. The van der Waals surface area contributed by atoms with E-state index in [1.807, 2.05) is 31.2 Å². The van der Waals surface area contributed by atoms with Crippen molar-refractivity contribution >= 4 is 30.9 Å². The van der Waals surface area contributed by atoms with Crippen molar-refractivity contribution in [3.05, 3.63) is 59.7 Å². The molecule has 6 heteroatoms. The zero-order valence-electron chi connectivity index (χ0n) is 14.7. The maximum absolute atomic E-state index is 11.5. The number of aromatic carboxylic acids is 1. The Morgan fingerprint density at radius 2 is 1.08 bits per heavy atom. The number of aryl methyl sites for hydroxylation is 1. The molecule has 24 heavy (non-hydrogen) atoms. The van der Waals surface area contributed by atoms with Crippen LogP contribution < -0.4 is 10.6 Å². The van der Waals surface area contributed by atoms with Crippen LogP contribution >= 0.6 is 14.3 Å². The molecule has 0 heterocycles. The van der Waals surface area contributed by atoms with Gasteiger partial charge in [-0.1, -0.05) is 42.0 Å². The van der Waals surface area contributed by atoms with E-state index in [9.17, 15) is 13.9 Å². The zero-order valence-corrected chi connectivity index (χ0v) is 16.5. The molecule has 0 saturated heterocycles. The summed E-state index contributed by atoms with van der Waals surface area (Å²) in [5, 5.41) is 10.3. The summed E-state index contributed by atoms with van der Waals surface area (Å²) in [4.78, 5) is 10.5. The van der Waals surface area contributed by atoms with Crippen LogP contribution in [0.25, 0.3) is 0 Å². The van der Waals surface area contributed by atoms with Gasteiger partial charge in [-0.2, -0.15) is 0 Å². The van der Waals surface area contributed by atoms with Crippen molar-refractivity contribution in [1.82, 2.24) is 0 Å². The largest absolute Gasteiger partial charge is 0.478 e. The number of rotatable bonds is 3. The van der Waals surface area contributed by atoms with Gasteiger partial charge in [-0.3, -0.25) is 0 Å². The van der Waals surface area contributed by atoms with E-state index in [4.69, 9.17) is 5.11 Å². The number of hydrogen-bond donors (Lipinski definition) is 1. The van der Waals surface area contributed by atoms with Gasteiger partial charge in [-0.05, 0) is 45.7 Å². The molecule has 0 fully saturated rings. The van der Waals surface area contributed by atoms with Crippen LogP contribution in [0, 0.1) is 6.92 Å². The van der Waals surface area contributed by atoms with Crippen molar-refractivity contribution in [2.45, 2.75) is 6.92 Å². The van der Waals surface area contributed by atoms with Gasteiger partial charge in [0.1, 0.15) is 14.3 Å².